The smallest absolute Gasteiger partial charge is 0.308 e. The molecule has 0 spiro atoms. The van der Waals surface area contributed by atoms with Gasteiger partial charge in [0.15, 0.2) is 11.5 Å². The maximum atomic E-state index is 12.6. The minimum absolute atomic E-state index is 0.159. The number of ether oxygens (including phenoxy) is 2. The van der Waals surface area contributed by atoms with E-state index in [9.17, 15) is 19.7 Å². The summed E-state index contributed by atoms with van der Waals surface area (Å²) in [6.45, 7) is 1.25. The van der Waals surface area contributed by atoms with E-state index >= 15 is 0 Å². The van der Waals surface area contributed by atoms with Gasteiger partial charge in [-0.2, -0.15) is 0 Å². The van der Waals surface area contributed by atoms with E-state index in [0.29, 0.717) is 10.9 Å². The van der Waals surface area contributed by atoms with E-state index in [1.807, 2.05) is 0 Å². The van der Waals surface area contributed by atoms with Crippen LogP contribution in [-0.4, -0.2) is 23.0 Å². The van der Waals surface area contributed by atoms with Gasteiger partial charge in [-0.3, -0.25) is 19.7 Å². The Morgan fingerprint density at radius 2 is 1.88 bits per heavy atom. The molecular formula is C18H14N2O6. The number of nitro groups is 1. The summed E-state index contributed by atoms with van der Waals surface area (Å²) in [5.41, 5.74) is 0.0141. The molecule has 0 atom stereocenters. The summed E-state index contributed by atoms with van der Waals surface area (Å²) >= 11 is 0. The molecule has 3 aromatic rings. The summed E-state index contributed by atoms with van der Waals surface area (Å²) in [5, 5.41) is 11.8. The summed E-state index contributed by atoms with van der Waals surface area (Å²) in [5.74, 6) is -0.160. The molecule has 0 saturated heterocycles. The quantitative estimate of drug-likeness (QED) is 0.334. The van der Waals surface area contributed by atoms with Crippen molar-refractivity contribution < 1.29 is 19.2 Å². The molecule has 8 heteroatoms. The lowest BCUT2D eigenvalue weighted by atomic mass is 10.0. The van der Waals surface area contributed by atoms with Crippen LogP contribution in [0.4, 0.5) is 5.69 Å². The van der Waals surface area contributed by atoms with Gasteiger partial charge in [0.25, 0.3) is 11.2 Å². The molecule has 2 aromatic carbocycles. The predicted octanol–water partition coefficient (Wildman–Crippen LogP) is 3.04. The summed E-state index contributed by atoms with van der Waals surface area (Å²) in [7, 11) is 1.38. The molecule has 0 aliphatic heterocycles. The summed E-state index contributed by atoms with van der Waals surface area (Å²) in [4.78, 5) is 37.1. The third-order valence-corrected chi connectivity index (χ3v) is 3.79. The van der Waals surface area contributed by atoms with Crippen molar-refractivity contribution in [3.63, 3.8) is 0 Å². The number of pyridine rings is 1. The van der Waals surface area contributed by atoms with Gasteiger partial charge in [-0.25, -0.2) is 0 Å². The van der Waals surface area contributed by atoms with E-state index in [1.54, 1.807) is 12.1 Å². The number of carbonyl (C=O) groups excluding carboxylic acids is 1. The minimum atomic E-state index is -0.538. The molecule has 132 valence electrons. The zero-order chi connectivity index (χ0) is 18.8. The van der Waals surface area contributed by atoms with Crippen molar-refractivity contribution in [3.8, 4) is 22.6 Å². The largest absolute Gasteiger partial charge is 0.491 e. The molecule has 0 aliphatic carbocycles. The maximum Gasteiger partial charge on any atom is 0.308 e. The SMILES string of the molecule is COc1c(OC(C)=O)ccc2cc(-c3ccccc3[N+](=O)[O-])c(=O)[nH]c12. The Morgan fingerprint density at radius 1 is 1.15 bits per heavy atom. The van der Waals surface area contributed by atoms with Crippen LogP contribution in [0.25, 0.3) is 22.0 Å². The molecular weight excluding hydrogens is 340 g/mol. The van der Waals surface area contributed by atoms with Gasteiger partial charge in [0.2, 0.25) is 0 Å². The standard InChI is InChI=1S/C18H14N2O6/c1-10(21)26-15-8-7-11-9-13(18(22)19-16(11)17(15)25-2)12-5-3-4-6-14(12)20(23)24/h3-9H,1-2H3,(H,19,22). The van der Waals surface area contributed by atoms with Gasteiger partial charge in [0.05, 0.1) is 28.7 Å². The number of methoxy groups -OCH3 is 1. The Kier molecular flexibility index (Phi) is 4.40. The molecule has 0 bridgehead atoms. The Hall–Kier alpha value is -3.68. The van der Waals surface area contributed by atoms with Gasteiger partial charge >= 0.3 is 5.97 Å². The van der Waals surface area contributed by atoms with Crippen molar-refractivity contribution in [2.24, 2.45) is 0 Å². The van der Waals surface area contributed by atoms with Crippen molar-refractivity contribution in [1.82, 2.24) is 4.98 Å². The van der Waals surface area contributed by atoms with Crippen LogP contribution in [0.5, 0.6) is 11.5 Å². The van der Waals surface area contributed by atoms with E-state index in [0.717, 1.165) is 0 Å². The van der Waals surface area contributed by atoms with E-state index < -0.39 is 16.5 Å². The maximum absolute atomic E-state index is 12.6. The molecule has 0 saturated carbocycles. The Morgan fingerprint density at radius 3 is 2.54 bits per heavy atom. The van der Waals surface area contributed by atoms with E-state index in [1.165, 1.54) is 44.4 Å². The number of hydrogen-bond donors (Lipinski definition) is 1. The van der Waals surface area contributed by atoms with E-state index in [-0.39, 0.29) is 28.3 Å². The highest BCUT2D eigenvalue weighted by Gasteiger charge is 2.19. The van der Waals surface area contributed by atoms with E-state index in [4.69, 9.17) is 9.47 Å². The molecule has 0 radical (unpaired) electrons. The van der Waals surface area contributed by atoms with Gasteiger partial charge in [-0.05, 0) is 24.3 Å². The molecule has 1 heterocycles. The second-order valence-electron chi connectivity index (χ2n) is 5.44. The minimum Gasteiger partial charge on any atom is -0.491 e. The number of nitrogens with one attached hydrogen (secondary N) is 1. The number of benzene rings is 2. The number of H-pyrrole nitrogens is 1. The van der Waals surface area contributed by atoms with Crippen LogP contribution in [-0.2, 0) is 4.79 Å². The van der Waals surface area contributed by atoms with Crippen molar-refractivity contribution in [2.75, 3.05) is 7.11 Å². The highest BCUT2D eigenvalue weighted by molar-refractivity contribution is 5.91. The molecule has 0 unspecified atom stereocenters. The van der Waals surface area contributed by atoms with Crippen LogP contribution in [0.3, 0.4) is 0 Å². The molecule has 0 aliphatic rings. The first-order valence-electron chi connectivity index (χ1n) is 7.58. The molecule has 8 nitrogen and oxygen atoms in total. The highest BCUT2D eigenvalue weighted by Crippen LogP contribution is 2.36. The normalized spacial score (nSPS) is 10.5. The lowest BCUT2D eigenvalue weighted by molar-refractivity contribution is -0.384. The van der Waals surface area contributed by atoms with Crippen LogP contribution in [0, 0.1) is 10.1 Å². The molecule has 0 amide bonds. The highest BCUT2D eigenvalue weighted by atomic mass is 16.6. The number of para-hydroxylation sites is 1. The number of nitro benzene ring substituents is 1. The predicted molar refractivity (Wildman–Crippen MR) is 94.5 cm³/mol. The van der Waals surface area contributed by atoms with Crippen LogP contribution in [0.1, 0.15) is 6.92 Å². The fraction of sp³-hybridized carbons (Fsp3) is 0.111. The number of rotatable bonds is 4. The topological polar surface area (TPSA) is 112 Å². The van der Waals surface area contributed by atoms with Crippen molar-refractivity contribution >= 4 is 22.6 Å². The molecule has 1 N–H and O–H groups in total. The number of aromatic nitrogens is 1. The monoisotopic (exact) mass is 354 g/mol. The lowest BCUT2D eigenvalue weighted by Gasteiger charge is -2.12. The van der Waals surface area contributed by atoms with Crippen LogP contribution in [0.15, 0.2) is 47.3 Å². The zero-order valence-corrected chi connectivity index (χ0v) is 13.9. The molecule has 26 heavy (non-hydrogen) atoms. The van der Waals surface area contributed by atoms with Gasteiger partial charge in [0.1, 0.15) is 0 Å². The van der Waals surface area contributed by atoms with Crippen molar-refractivity contribution in [2.45, 2.75) is 6.92 Å². The van der Waals surface area contributed by atoms with Crippen molar-refractivity contribution in [3.05, 3.63) is 62.9 Å². The summed E-state index contributed by atoms with van der Waals surface area (Å²) in [6.07, 6.45) is 0. The van der Waals surface area contributed by atoms with Crippen LogP contribution in [0.2, 0.25) is 0 Å². The number of esters is 1. The second-order valence-corrected chi connectivity index (χ2v) is 5.44. The average Bonchev–Trinajstić information content (AvgIpc) is 2.60. The summed E-state index contributed by atoms with van der Waals surface area (Å²) < 4.78 is 10.3. The molecule has 3 rings (SSSR count). The first-order chi connectivity index (χ1) is 12.4. The molecule has 1 aromatic heterocycles. The Labute approximate surface area is 147 Å². The lowest BCUT2D eigenvalue weighted by Crippen LogP contribution is -2.11. The van der Waals surface area contributed by atoms with Crippen LogP contribution >= 0.6 is 0 Å². The number of aromatic amines is 1. The van der Waals surface area contributed by atoms with Gasteiger partial charge in [0, 0.05) is 18.4 Å². The van der Waals surface area contributed by atoms with Gasteiger partial charge in [-0.15, -0.1) is 0 Å². The van der Waals surface area contributed by atoms with E-state index in [2.05, 4.69) is 4.98 Å². The fourth-order valence-corrected chi connectivity index (χ4v) is 2.73. The molecule has 0 fully saturated rings. The Balaban J connectivity index is 2.26. The number of hydrogen-bond acceptors (Lipinski definition) is 6. The first-order valence-corrected chi connectivity index (χ1v) is 7.58. The van der Waals surface area contributed by atoms with Gasteiger partial charge < -0.3 is 14.5 Å². The third kappa shape index (κ3) is 3.00. The first kappa shape index (κ1) is 17.2. The van der Waals surface area contributed by atoms with Crippen molar-refractivity contribution in [1.29, 1.82) is 0 Å². The number of fused-ring (bicyclic) bond motifs is 1. The second kappa shape index (κ2) is 6.67. The third-order valence-electron chi connectivity index (χ3n) is 3.79. The number of carbonyl (C=O) groups is 1. The Bertz CT molecular complexity index is 1090. The van der Waals surface area contributed by atoms with Gasteiger partial charge in [-0.1, -0.05) is 12.1 Å². The fourth-order valence-electron chi connectivity index (χ4n) is 2.73. The van der Waals surface area contributed by atoms with Crippen LogP contribution < -0.4 is 15.0 Å². The number of nitrogens with zero attached hydrogens (tertiary/aromatic N) is 1. The average molecular weight is 354 g/mol. The summed E-state index contributed by atoms with van der Waals surface area (Å²) in [6, 6.07) is 10.7. The zero-order valence-electron chi connectivity index (χ0n) is 13.9.